The van der Waals surface area contributed by atoms with Gasteiger partial charge in [-0.2, -0.15) is 0 Å². The molecule has 2 amide bonds. The summed E-state index contributed by atoms with van der Waals surface area (Å²) >= 11 is 7.71. The molecular formula is C16H14N4O2S3. The smallest absolute Gasteiger partial charge is 0.266 e. The molecule has 1 aliphatic rings. The molecule has 3 rings (SSSR count). The van der Waals surface area contributed by atoms with E-state index >= 15 is 0 Å². The number of carbonyl (C=O) groups is 2. The number of benzene rings is 1. The first kappa shape index (κ1) is 17.7. The van der Waals surface area contributed by atoms with Crippen LogP contribution in [0.1, 0.15) is 16.1 Å². The molecule has 1 fully saturated rings. The van der Waals surface area contributed by atoms with Crippen LogP contribution in [0.2, 0.25) is 0 Å². The number of anilines is 1. The van der Waals surface area contributed by atoms with Gasteiger partial charge in [0, 0.05) is 0 Å². The Morgan fingerprint density at radius 3 is 2.64 bits per heavy atom. The van der Waals surface area contributed by atoms with Gasteiger partial charge in [-0.15, -0.1) is 10.2 Å². The molecule has 6 nitrogen and oxygen atoms in total. The third-order valence-corrected chi connectivity index (χ3v) is 5.45. The van der Waals surface area contributed by atoms with Crippen molar-refractivity contribution in [3.8, 4) is 0 Å². The summed E-state index contributed by atoms with van der Waals surface area (Å²) in [6.45, 7) is 3.65. The quantitative estimate of drug-likeness (QED) is 0.639. The lowest BCUT2D eigenvalue weighted by molar-refractivity contribution is -0.126. The number of nitrogens with one attached hydrogen (secondary N) is 1. The summed E-state index contributed by atoms with van der Waals surface area (Å²) in [5.41, 5.74) is 2.06. The van der Waals surface area contributed by atoms with E-state index in [1.165, 1.54) is 28.0 Å². The summed E-state index contributed by atoms with van der Waals surface area (Å²) in [6, 6.07) is 7.83. The Kier molecular flexibility index (Phi) is 5.26. The van der Waals surface area contributed by atoms with Crippen molar-refractivity contribution >= 4 is 62.7 Å². The number of rotatable bonds is 4. The van der Waals surface area contributed by atoms with Gasteiger partial charge in [-0.05, 0) is 25.5 Å². The van der Waals surface area contributed by atoms with E-state index in [9.17, 15) is 9.59 Å². The van der Waals surface area contributed by atoms with Gasteiger partial charge in [0.15, 0.2) is 0 Å². The van der Waals surface area contributed by atoms with Gasteiger partial charge in [0.25, 0.3) is 5.91 Å². The number of hydrogen-bond acceptors (Lipinski definition) is 7. The standard InChI is InChI=1S/C16H14N4O2S3/c1-9-3-5-11(6-4-9)7-12-14(22)20(16(23)25-12)8-13(21)17-15-19-18-10(2)24-15/h3-7H,8H2,1-2H3,(H,17,19,21)/b12-7+. The van der Waals surface area contributed by atoms with Gasteiger partial charge >= 0.3 is 0 Å². The predicted octanol–water partition coefficient (Wildman–Crippen LogP) is 2.99. The lowest BCUT2D eigenvalue weighted by atomic mass is 10.1. The third-order valence-electron chi connectivity index (χ3n) is 3.32. The van der Waals surface area contributed by atoms with Gasteiger partial charge in [-0.25, -0.2) is 0 Å². The highest BCUT2D eigenvalue weighted by Crippen LogP contribution is 2.32. The van der Waals surface area contributed by atoms with E-state index in [2.05, 4.69) is 15.5 Å². The number of hydrogen-bond donors (Lipinski definition) is 1. The van der Waals surface area contributed by atoms with Crippen molar-refractivity contribution in [2.24, 2.45) is 0 Å². The van der Waals surface area contributed by atoms with Crippen molar-refractivity contribution in [3.63, 3.8) is 0 Å². The molecule has 0 spiro atoms. The molecule has 0 aliphatic carbocycles. The van der Waals surface area contributed by atoms with E-state index in [0.29, 0.717) is 14.4 Å². The van der Waals surface area contributed by atoms with Crippen LogP contribution in [0, 0.1) is 13.8 Å². The fraction of sp³-hybridized carbons (Fsp3) is 0.188. The Labute approximate surface area is 158 Å². The van der Waals surface area contributed by atoms with Gasteiger partial charge in [0.05, 0.1) is 4.91 Å². The Bertz CT molecular complexity index is 874. The fourth-order valence-corrected chi connectivity index (χ4v) is 3.96. The molecule has 25 heavy (non-hydrogen) atoms. The molecule has 0 atom stereocenters. The molecule has 0 unspecified atom stereocenters. The highest BCUT2D eigenvalue weighted by molar-refractivity contribution is 8.26. The van der Waals surface area contributed by atoms with Gasteiger partial charge in [-0.3, -0.25) is 19.8 Å². The number of thioether (sulfide) groups is 1. The molecule has 2 aromatic rings. The molecule has 128 valence electrons. The van der Waals surface area contributed by atoms with Crippen molar-refractivity contribution in [1.29, 1.82) is 0 Å². The molecule has 1 aromatic carbocycles. The molecule has 0 saturated carbocycles. The van der Waals surface area contributed by atoms with E-state index in [1.54, 1.807) is 13.0 Å². The maximum Gasteiger partial charge on any atom is 0.266 e. The molecule has 1 aromatic heterocycles. The Balaban J connectivity index is 1.68. The van der Waals surface area contributed by atoms with Crippen molar-refractivity contribution in [2.75, 3.05) is 11.9 Å². The average molecular weight is 391 g/mol. The molecule has 0 radical (unpaired) electrons. The highest BCUT2D eigenvalue weighted by Gasteiger charge is 2.33. The van der Waals surface area contributed by atoms with Crippen LogP contribution in [0.15, 0.2) is 29.2 Å². The Morgan fingerprint density at radius 1 is 1.28 bits per heavy atom. The highest BCUT2D eigenvalue weighted by atomic mass is 32.2. The average Bonchev–Trinajstić information content (AvgIpc) is 3.08. The van der Waals surface area contributed by atoms with E-state index in [4.69, 9.17) is 12.2 Å². The second-order valence-corrected chi connectivity index (χ2v) is 8.21. The third kappa shape index (κ3) is 4.30. The SMILES string of the molecule is Cc1ccc(/C=C2/SC(=S)N(CC(=O)Nc3nnc(C)s3)C2=O)cc1. The van der Waals surface area contributed by atoms with Gasteiger partial charge < -0.3 is 0 Å². The lowest BCUT2D eigenvalue weighted by Crippen LogP contribution is -2.36. The van der Waals surface area contributed by atoms with Crippen LogP contribution in [0.25, 0.3) is 6.08 Å². The van der Waals surface area contributed by atoms with Crippen LogP contribution in [0.3, 0.4) is 0 Å². The largest absolute Gasteiger partial charge is 0.299 e. The number of aromatic nitrogens is 2. The maximum absolute atomic E-state index is 12.5. The zero-order valence-corrected chi connectivity index (χ0v) is 15.9. The number of aryl methyl sites for hydroxylation is 2. The van der Waals surface area contributed by atoms with Crippen LogP contribution in [0.4, 0.5) is 5.13 Å². The molecule has 2 heterocycles. The molecule has 9 heteroatoms. The zero-order chi connectivity index (χ0) is 18.0. The maximum atomic E-state index is 12.5. The summed E-state index contributed by atoms with van der Waals surface area (Å²) in [5, 5.41) is 11.4. The predicted molar refractivity (Wildman–Crippen MR) is 104 cm³/mol. The van der Waals surface area contributed by atoms with Crippen LogP contribution in [0.5, 0.6) is 0 Å². The monoisotopic (exact) mass is 390 g/mol. The van der Waals surface area contributed by atoms with E-state index in [-0.39, 0.29) is 18.4 Å². The summed E-state index contributed by atoms with van der Waals surface area (Å²) in [6.07, 6.45) is 1.78. The molecular weight excluding hydrogens is 376 g/mol. The second-order valence-electron chi connectivity index (χ2n) is 5.35. The normalized spacial score (nSPS) is 15.9. The summed E-state index contributed by atoms with van der Waals surface area (Å²) in [4.78, 5) is 26.4. The van der Waals surface area contributed by atoms with Crippen LogP contribution < -0.4 is 5.32 Å². The molecule has 1 aliphatic heterocycles. The second kappa shape index (κ2) is 7.42. The van der Waals surface area contributed by atoms with Crippen molar-refractivity contribution in [3.05, 3.63) is 45.3 Å². The summed E-state index contributed by atoms with van der Waals surface area (Å²) in [7, 11) is 0. The summed E-state index contributed by atoms with van der Waals surface area (Å²) in [5.74, 6) is -0.622. The number of amides is 2. The zero-order valence-electron chi connectivity index (χ0n) is 13.5. The van der Waals surface area contributed by atoms with Crippen LogP contribution in [-0.2, 0) is 9.59 Å². The number of thiocarbonyl (C=S) groups is 1. The Morgan fingerprint density at radius 2 is 2.00 bits per heavy atom. The first-order valence-electron chi connectivity index (χ1n) is 7.34. The summed E-state index contributed by atoms with van der Waals surface area (Å²) < 4.78 is 0.368. The van der Waals surface area contributed by atoms with Crippen molar-refractivity contribution < 1.29 is 9.59 Å². The van der Waals surface area contributed by atoms with E-state index in [1.807, 2.05) is 31.2 Å². The van der Waals surface area contributed by atoms with Gasteiger partial charge in [0.2, 0.25) is 11.0 Å². The molecule has 1 N–H and O–H groups in total. The Hall–Kier alpha value is -2.10. The van der Waals surface area contributed by atoms with Crippen LogP contribution >= 0.6 is 35.3 Å². The number of nitrogens with zero attached hydrogens (tertiary/aromatic N) is 3. The van der Waals surface area contributed by atoms with Crippen LogP contribution in [-0.4, -0.2) is 37.8 Å². The van der Waals surface area contributed by atoms with Crippen molar-refractivity contribution in [2.45, 2.75) is 13.8 Å². The van der Waals surface area contributed by atoms with E-state index in [0.717, 1.165) is 16.1 Å². The minimum Gasteiger partial charge on any atom is -0.299 e. The topological polar surface area (TPSA) is 75.2 Å². The first-order chi connectivity index (χ1) is 11.9. The fourth-order valence-electron chi connectivity index (χ4n) is 2.10. The van der Waals surface area contributed by atoms with Gasteiger partial charge in [-0.1, -0.05) is 65.1 Å². The van der Waals surface area contributed by atoms with Gasteiger partial charge in [0.1, 0.15) is 15.9 Å². The van der Waals surface area contributed by atoms with E-state index < -0.39 is 0 Å². The molecule has 1 saturated heterocycles. The molecule has 0 bridgehead atoms. The minimum absolute atomic E-state index is 0.144. The minimum atomic E-state index is -0.357. The lowest BCUT2D eigenvalue weighted by Gasteiger charge is -2.13. The number of carbonyl (C=O) groups excluding carboxylic acids is 2. The first-order valence-corrected chi connectivity index (χ1v) is 9.38. The van der Waals surface area contributed by atoms with Crippen molar-refractivity contribution in [1.82, 2.24) is 15.1 Å².